The van der Waals surface area contributed by atoms with E-state index in [2.05, 4.69) is 6.58 Å². The van der Waals surface area contributed by atoms with Crippen molar-refractivity contribution >= 4 is 12.0 Å². The Bertz CT molecular complexity index is 372. The Labute approximate surface area is 73.1 Å². The standard InChI is InChI=1S/C9H6F2O2/c1-2-5-3-6(9(12)13)8(11)4-7(5)10/h2-4H,1H2,(H,12,13). The van der Waals surface area contributed by atoms with Gasteiger partial charge in [-0.2, -0.15) is 0 Å². The molecule has 0 spiro atoms. The van der Waals surface area contributed by atoms with Crippen molar-refractivity contribution in [1.82, 2.24) is 0 Å². The Hall–Kier alpha value is -1.71. The Morgan fingerprint density at radius 1 is 1.38 bits per heavy atom. The first-order valence-corrected chi connectivity index (χ1v) is 3.41. The molecule has 2 nitrogen and oxygen atoms in total. The van der Waals surface area contributed by atoms with Crippen LogP contribution in [0.5, 0.6) is 0 Å². The molecule has 0 fully saturated rings. The molecular formula is C9H6F2O2. The fourth-order valence-corrected chi connectivity index (χ4v) is 0.886. The van der Waals surface area contributed by atoms with Crippen LogP contribution in [0.25, 0.3) is 6.08 Å². The number of carboxylic acid groups (broad SMARTS) is 1. The van der Waals surface area contributed by atoms with E-state index in [1.807, 2.05) is 0 Å². The topological polar surface area (TPSA) is 37.3 Å². The van der Waals surface area contributed by atoms with Crippen molar-refractivity contribution < 1.29 is 18.7 Å². The fraction of sp³-hybridized carbons (Fsp3) is 0. The number of aromatic carboxylic acids is 1. The summed E-state index contributed by atoms with van der Waals surface area (Å²) in [7, 11) is 0. The predicted molar refractivity (Wildman–Crippen MR) is 43.4 cm³/mol. The Morgan fingerprint density at radius 2 is 2.00 bits per heavy atom. The van der Waals surface area contributed by atoms with Crippen LogP contribution in [-0.4, -0.2) is 11.1 Å². The Kier molecular flexibility index (Phi) is 2.41. The van der Waals surface area contributed by atoms with Crippen LogP contribution in [0, 0.1) is 11.6 Å². The normalized spacial score (nSPS) is 9.69. The van der Waals surface area contributed by atoms with E-state index in [1.54, 1.807) is 0 Å². The van der Waals surface area contributed by atoms with Crippen molar-refractivity contribution in [1.29, 1.82) is 0 Å². The highest BCUT2D eigenvalue weighted by Crippen LogP contribution is 2.15. The number of benzene rings is 1. The van der Waals surface area contributed by atoms with Gasteiger partial charge in [0.15, 0.2) is 0 Å². The van der Waals surface area contributed by atoms with Gasteiger partial charge in [-0.3, -0.25) is 0 Å². The molecule has 1 aromatic rings. The second kappa shape index (κ2) is 3.35. The third kappa shape index (κ3) is 1.72. The van der Waals surface area contributed by atoms with Gasteiger partial charge in [0.2, 0.25) is 0 Å². The zero-order chi connectivity index (χ0) is 10.0. The molecule has 13 heavy (non-hydrogen) atoms. The van der Waals surface area contributed by atoms with Gasteiger partial charge in [-0.05, 0) is 6.07 Å². The van der Waals surface area contributed by atoms with Crippen LogP contribution in [-0.2, 0) is 0 Å². The lowest BCUT2D eigenvalue weighted by Crippen LogP contribution is -2.02. The minimum atomic E-state index is -1.43. The zero-order valence-corrected chi connectivity index (χ0v) is 6.55. The van der Waals surface area contributed by atoms with Crippen LogP contribution in [0.3, 0.4) is 0 Å². The highest BCUT2D eigenvalue weighted by atomic mass is 19.1. The molecule has 0 atom stereocenters. The average molecular weight is 184 g/mol. The average Bonchev–Trinajstić information content (AvgIpc) is 2.03. The van der Waals surface area contributed by atoms with Crippen molar-refractivity contribution in [3.63, 3.8) is 0 Å². The molecule has 0 heterocycles. The summed E-state index contributed by atoms with van der Waals surface area (Å²) in [6.07, 6.45) is 1.13. The minimum absolute atomic E-state index is 0.0289. The summed E-state index contributed by atoms with van der Waals surface area (Å²) in [5.74, 6) is -3.34. The lowest BCUT2D eigenvalue weighted by molar-refractivity contribution is 0.0692. The molecular weight excluding hydrogens is 178 g/mol. The number of rotatable bonds is 2. The zero-order valence-electron chi connectivity index (χ0n) is 6.55. The SMILES string of the molecule is C=Cc1cc(C(=O)O)c(F)cc1F. The number of halogens is 2. The van der Waals surface area contributed by atoms with Gasteiger partial charge in [0, 0.05) is 11.6 Å². The van der Waals surface area contributed by atoms with Gasteiger partial charge in [-0.1, -0.05) is 12.7 Å². The molecule has 0 aliphatic carbocycles. The number of carboxylic acids is 1. The van der Waals surface area contributed by atoms with E-state index in [9.17, 15) is 13.6 Å². The summed E-state index contributed by atoms with van der Waals surface area (Å²) >= 11 is 0. The van der Waals surface area contributed by atoms with E-state index in [1.165, 1.54) is 0 Å². The van der Waals surface area contributed by atoms with E-state index < -0.39 is 23.2 Å². The fourth-order valence-electron chi connectivity index (χ4n) is 0.886. The molecule has 0 amide bonds. The monoisotopic (exact) mass is 184 g/mol. The van der Waals surface area contributed by atoms with Crippen LogP contribution in [0.15, 0.2) is 18.7 Å². The smallest absolute Gasteiger partial charge is 0.338 e. The maximum Gasteiger partial charge on any atom is 0.338 e. The van der Waals surface area contributed by atoms with Crippen LogP contribution >= 0.6 is 0 Å². The lowest BCUT2D eigenvalue weighted by Gasteiger charge is -2.00. The second-order valence-electron chi connectivity index (χ2n) is 2.36. The first-order chi connectivity index (χ1) is 6.06. The molecule has 0 radical (unpaired) electrons. The summed E-state index contributed by atoms with van der Waals surface area (Å²) in [6, 6.07) is 1.43. The first kappa shape index (κ1) is 9.38. The molecule has 0 saturated heterocycles. The number of carbonyl (C=O) groups is 1. The van der Waals surface area contributed by atoms with Gasteiger partial charge >= 0.3 is 5.97 Å². The number of hydrogen-bond acceptors (Lipinski definition) is 1. The minimum Gasteiger partial charge on any atom is -0.478 e. The van der Waals surface area contributed by atoms with Crippen LogP contribution in [0.2, 0.25) is 0 Å². The van der Waals surface area contributed by atoms with Crippen LogP contribution in [0.4, 0.5) is 8.78 Å². The third-order valence-corrected chi connectivity index (χ3v) is 1.54. The van der Waals surface area contributed by atoms with Crippen LogP contribution in [0.1, 0.15) is 15.9 Å². The van der Waals surface area contributed by atoms with Crippen molar-refractivity contribution in [3.8, 4) is 0 Å². The van der Waals surface area contributed by atoms with Gasteiger partial charge in [0.1, 0.15) is 11.6 Å². The lowest BCUT2D eigenvalue weighted by atomic mass is 10.1. The molecule has 68 valence electrons. The van der Waals surface area contributed by atoms with Gasteiger partial charge in [-0.25, -0.2) is 13.6 Å². The molecule has 1 rings (SSSR count). The van der Waals surface area contributed by atoms with E-state index in [-0.39, 0.29) is 5.56 Å². The highest BCUT2D eigenvalue weighted by molar-refractivity contribution is 5.88. The molecule has 4 heteroatoms. The molecule has 0 aliphatic heterocycles. The van der Waals surface area contributed by atoms with Crippen molar-refractivity contribution in [2.24, 2.45) is 0 Å². The summed E-state index contributed by atoms with van der Waals surface area (Å²) in [6.45, 7) is 3.27. The first-order valence-electron chi connectivity index (χ1n) is 3.41. The summed E-state index contributed by atoms with van der Waals surface area (Å²) in [5.41, 5.74) is -0.588. The van der Waals surface area contributed by atoms with Crippen molar-refractivity contribution in [2.75, 3.05) is 0 Å². The van der Waals surface area contributed by atoms with E-state index in [0.717, 1.165) is 12.1 Å². The molecule has 1 N–H and O–H groups in total. The molecule has 1 aromatic carbocycles. The highest BCUT2D eigenvalue weighted by Gasteiger charge is 2.13. The number of hydrogen-bond donors (Lipinski definition) is 1. The van der Waals surface area contributed by atoms with Gasteiger partial charge < -0.3 is 5.11 Å². The maximum absolute atomic E-state index is 12.8. The predicted octanol–water partition coefficient (Wildman–Crippen LogP) is 2.31. The van der Waals surface area contributed by atoms with Crippen molar-refractivity contribution in [2.45, 2.75) is 0 Å². The largest absolute Gasteiger partial charge is 0.478 e. The molecule has 0 bridgehead atoms. The summed E-state index contributed by atoms with van der Waals surface area (Å²) in [4.78, 5) is 10.4. The maximum atomic E-state index is 12.8. The Morgan fingerprint density at radius 3 is 2.46 bits per heavy atom. The van der Waals surface area contributed by atoms with Gasteiger partial charge in [-0.15, -0.1) is 0 Å². The second-order valence-corrected chi connectivity index (χ2v) is 2.36. The summed E-state index contributed by atoms with van der Waals surface area (Å²) in [5, 5.41) is 8.48. The quantitative estimate of drug-likeness (QED) is 0.765. The summed E-state index contributed by atoms with van der Waals surface area (Å²) < 4.78 is 25.6. The Balaban J connectivity index is 3.38. The van der Waals surface area contributed by atoms with E-state index in [0.29, 0.717) is 6.07 Å². The van der Waals surface area contributed by atoms with Crippen LogP contribution < -0.4 is 0 Å². The molecule has 0 aromatic heterocycles. The van der Waals surface area contributed by atoms with Gasteiger partial charge in [0.25, 0.3) is 0 Å². The molecule has 0 unspecified atom stereocenters. The van der Waals surface area contributed by atoms with E-state index in [4.69, 9.17) is 5.11 Å². The molecule has 0 aliphatic rings. The van der Waals surface area contributed by atoms with E-state index >= 15 is 0 Å². The molecule has 0 saturated carbocycles. The third-order valence-electron chi connectivity index (χ3n) is 1.54. The van der Waals surface area contributed by atoms with Gasteiger partial charge in [0.05, 0.1) is 5.56 Å². The van der Waals surface area contributed by atoms with Crippen molar-refractivity contribution in [3.05, 3.63) is 41.5 Å².